The SMILES string of the molecule is Cc1cccc(C(=O)c2cc(F)ccc2C(F)(F)F)c1C. The van der Waals surface area contributed by atoms with Gasteiger partial charge in [-0.3, -0.25) is 4.79 Å². The summed E-state index contributed by atoms with van der Waals surface area (Å²) in [6.45, 7) is 3.40. The number of halogens is 4. The third kappa shape index (κ3) is 2.96. The lowest BCUT2D eigenvalue weighted by molar-refractivity contribution is -0.137. The molecule has 0 radical (unpaired) electrons. The normalized spacial score (nSPS) is 11.5. The van der Waals surface area contributed by atoms with E-state index in [0.29, 0.717) is 23.8 Å². The van der Waals surface area contributed by atoms with Gasteiger partial charge in [0.2, 0.25) is 0 Å². The molecule has 2 rings (SSSR count). The molecule has 0 aliphatic heterocycles. The molecule has 0 saturated heterocycles. The zero-order chi connectivity index (χ0) is 15.8. The van der Waals surface area contributed by atoms with Crippen LogP contribution < -0.4 is 0 Å². The van der Waals surface area contributed by atoms with Crippen molar-refractivity contribution in [1.82, 2.24) is 0 Å². The average Bonchev–Trinajstić information content (AvgIpc) is 2.39. The van der Waals surface area contributed by atoms with Crippen molar-refractivity contribution in [3.8, 4) is 0 Å². The van der Waals surface area contributed by atoms with Gasteiger partial charge >= 0.3 is 6.18 Å². The molecule has 0 atom stereocenters. The first kappa shape index (κ1) is 15.2. The molecule has 1 nitrogen and oxygen atoms in total. The van der Waals surface area contributed by atoms with Crippen molar-refractivity contribution in [2.75, 3.05) is 0 Å². The Balaban J connectivity index is 2.63. The van der Waals surface area contributed by atoms with Gasteiger partial charge in [0.1, 0.15) is 5.82 Å². The highest BCUT2D eigenvalue weighted by molar-refractivity contribution is 6.11. The topological polar surface area (TPSA) is 17.1 Å². The summed E-state index contributed by atoms with van der Waals surface area (Å²) in [5.74, 6) is -1.71. The van der Waals surface area contributed by atoms with Crippen molar-refractivity contribution in [1.29, 1.82) is 0 Å². The maximum atomic E-state index is 13.3. The molecule has 0 aliphatic carbocycles. The summed E-state index contributed by atoms with van der Waals surface area (Å²) in [6, 6.07) is 6.70. The maximum absolute atomic E-state index is 13.3. The van der Waals surface area contributed by atoms with E-state index in [2.05, 4.69) is 0 Å². The molecule has 0 aromatic heterocycles. The van der Waals surface area contributed by atoms with Gasteiger partial charge in [-0.1, -0.05) is 18.2 Å². The van der Waals surface area contributed by atoms with Gasteiger partial charge in [0.15, 0.2) is 5.78 Å². The summed E-state index contributed by atoms with van der Waals surface area (Å²) in [6.07, 6.45) is -4.71. The predicted octanol–water partition coefficient (Wildman–Crippen LogP) is 4.69. The van der Waals surface area contributed by atoms with E-state index in [-0.39, 0.29) is 5.56 Å². The van der Waals surface area contributed by atoms with Crippen LogP contribution in [0, 0.1) is 19.7 Å². The highest BCUT2D eigenvalue weighted by Crippen LogP contribution is 2.33. The predicted molar refractivity (Wildman–Crippen MR) is 70.8 cm³/mol. The van der Waals surface area contributed by atoms with Crippen LogP contribution in [0.2, 0.25) is 0 Å². The summed E-state index contributed by atoms with van der Waals surface area (Å²) in [4.78, 5) is 12.4. The van der Waals surface area contributed by atoms with E-state index in [1.165, 1.54) is 6.07 Å². The number of hydrogen-bond acceptors (Lipinski definition) is 1. The Kier molecular flexibility index (Phi) is 3.85. The molecule has 110 valence electrons. The standard InChI is InChI=1S/C16H12F4O/c1-9-4-3-5-12(10(9)2)15(21)13-8-11(17)6-7-14(13)16(18,19)20/h3-8H,1-2H3. The second kappa shape index (κ2) is 5.31. The lowest BCUT2D eigenvalue weighted by Gasteiger charge is -2.14. The van der Waals surface area contributed by atoms with Crippen molar-refractivity contribution in [2.24, 2.45) is 0 Å². The van der Waals surface area contributed by atoms with Gasteiger partial charge in [-0.05, 0) is 43.2 Å². The molecule has 0 saturated carbocycles. The van der Waals surface area contributed by atoms with E-state index in [4.69, 9.17) is 0 Å². The molecular weight excluding hydrogens is 284 g/mol. The molecule has 0 spiro atoms. The number of hydrogen-bond donors (Lipinski definition) is 0. The Morgan fingerprint density at radius 1 is 1.00 bits per heavy atom. The van der Waals surface area contributed by atoms with Crippen LogP contribution in [0.1, 0.15) is 32.6 Å². The van der Waals surface area contributed by atoms with E-state index in [0.717, 1.165) is 5.56 Å². The molecule has 2 aromatic carbocycles. The summed E-state index contributed by atoms with van der Waals surface area (Å²) in [5, 5.41) is 0. The first-order chi connectivity index (χ1) is 9.71. The second-order valence-corrected chi connectivity index (χ2v) is 4.76. The van der Waals surface area contributed by atoms with Crippen molar-refractivity contribution in [3.05, 3.63) is 70.0 Å². The van der Waals surface area contributed by atoms with Crippen LogP contribution in [0.4, 0.5) is 17.6 Å². The molecular formula is C16H12F4O. The average molecular weight is 296 g/mol. The third-order valence-corrected chi connectivity index (χ3v) is 3.38. The largest absolute Gasteiger partial charge is 0.417 e. The van der Waals surface area contributed by atoms with Crippen LogP contribution in [0.5, 0.6) is 0 Å². The Hall–Kier alpha value is -2.17. The highest BCUT2D eigenvalue weighted by atomic mass is 19.4. The molecule has 0 aliphatic rings. The fraction of sp³-hybridized carbons (Fsp3) is 0.188. The summed E-state index contributed by atoms with van der Waals surface area (Å²) >= 11 is 0. The number of ketones is 1. The number of carbonyl (C=O) groups excluding carboxylic acids is 1. The van der Waals surface area contributed by atoms with Crippen LogP contribution in [-0.2, 0) is 6.18 Å². The molecule has 0 fully saturated rings. The maximum Gasteiger partial charge on any atom is 0.417 e. The molecule has 2 aromatic rings. The van der Waals surface area contributed by atoms with Crippen LogP contribution in [-0.4, -0.2) is 5.78 Å². The lowest BCUT2D eigenvalue weighted by atomic mass is 9.93. The van der Waals surface area contributed by atoms with Crippen LogP contribution in [0.3, 0.4) is 0 Å². The van der Waals surface area contributed by atoms with Gasteiger partial charge in [0.05, 0.1) is 5.56 Å². The number of benzene rings is 2. The van der Waals surface area contributed by atoms with E-state index < -0.39 is 28.9 Å². The van der Waals surface area contributed by atoms with Crippen molar-refractivity contribution >= 4 is 5.78 Å². The van der Waals surface area contributed by atoms with Crippen LogP contribution in [0.25, 0.3) is 0 Å². The van der Waals surface area contributed by atoms with Crippen LogP contribution >= 0.6 is 0 Å². The van der Waals surface area contributed by atoms with Gasteiger partial charge in [0.25, 0.3) is 0 Å². The first-order valence-electron chi connectivity index (χ1n) is 6.19. The monoisotopic (exact) mass is 296 g/mol. The quantitative estimate of drug-likeness (QED) is 0.580. The highest BCUT2D eigenvalue weighted by Gasteiger charge is 2.35. The molecule has 0 unspecified atom stereocenters. The minimum absolute atomic E-state index is 0.145. The Bertz CT molecular complexity index is 702. The smallest absolute Gasteiger partial charge is 0.289 e. The number of carbonyl (C=O) groups is 1. The summed E-state index contributed by atoms with van der Waals surface area (Å²) < 4.78 is 52.2. The van der Waals surface area contributed by atoms with Crippen LogP contribution in [0.15, 0.2) is 36.4 Å². The minimum Gasteiger partial charge on any atom is -0.289 e. The molecule has 0 bridgehead atoms. The second-order valence-electron chi connectivity index (χ2n) is 4.76. The summed E-state index contributed by atoms with van der Waals surface area (Å²) in [5.41, 5.74) is -0.289. The lowest BCUT2D eigenvalue weighted by Crippen LogP contribution is -2.15. The van der Waals surface area contributed by atoms with Crippen molar-refractivity contribution in [2.45, 2.75) is 20.0 Å². The Morgan fingerprint density at radius 2 is 1.67 bits per heavy atom. The fourth-order valence-electron chi connectivity index (χ4n) is 2.09. The van der Waals surface area contributed by atoms with E-state index >= 15 is 0 Å². The first-order valence-corrected chi connectivity index (χ1v) is 6.19. The molecule has 0 N–H and O–H groups in total. The van der Waals surface area contributed by atoms with Crippen molar-refractivity contribution in [3.63, 3.8) is 0 Å². The third-order valence-electron chi connectivity index (χ3n) is 3.38. The summed E-state index contributed by atoms with van der Waals surface area (Å²) in [7, 11) is 0. The van der Waals surface area contributed by atoms with Crippen molar-refractivity contribution < 1.29 is 22.4 Å². The zero-order valence-corrected chi connectivity index (χ0v) is 11.4. The molecule has 0 heterocycles. The van der Waals surface area contributed by atoms with Gasteiger partial charge < -0.3 is 0 Å². The van der Waals surface area contributed by atoms with Gasteiger partial charge in [-0.15, -0.1) is 0 Å². The number of alkyl halides is 3. The van der Waals surface area contributed by atoms with E-state index in [1.54, 1.807) is 26.0 Å². The fourth-order valence-corrected chi connectivity index (χ4v) is 2.09. The van der Waals surface area contributed by atoms with Gasteiger partial charge in [-0.2, -0.15) is 13.2 Å². The van der Waals surface area contributed by atoms with E-state index in [1.807, 2.05) is 0 Å². The Morgan fingerprint density at radius 3 is 2.29 bits per heavy atom. The molecule has 5 heteroatoms. The number of rotatable bonds is 2. The van der Waals surface area contributed by atoms with E-state index in [9.17, 15) is 22.4 Å². The van der Waals surface area contributed by atoms with Gasteiger partial charge in [0, 0.05) is 11.1 Å². The van der Waals surface area contributed by atoms with Gasteiger partial charge in [-0.25, -0.2) is 4.39 Å². The molecule has 21 heavy (non-hydrogen) atoms. The number of aryl methyl sites for hydroxylation is 1. The zero-order valence-electron chi connectivity index (χ0n) is 11.4. The minimum atomic E-state index is -4.71. The Labute approximate surface area is 119 Å². The molecule has 0 amide bonds.